The number of aryl methyl sites for hydroxylation is 1. The molecular weight excluding hydrogens is 356 g/mol. The molecule has 4 heteroatoms. The number of amides is 1. The molecule has 0 unspecified atom stereocenters. The molecule has 0 saturated carbocycles. The van der Waals surface area contributed by atoms with E-state index in [4.69, 9.17) is 11.6 Å². The number of carbonyl (C=O) groups excluding carboxylic acids is 1. The number of carbonyl (C=O) groups is 1. The van der Waals surface area contributed by atoms with E-state index >= 15 is 0 Å². The molecule has 2 aromatic carbocycles. The monoisotopic (exact) mass is 382 g/mol. The third-order valence-electron chi connectivity index (χ3n) is 6.32. The van der Waals surface area contributed by atoms with Crippen molar-refractivity contribution in [1.82, 2.24) is 9.80 Å². The van der Waals surface area contributed by atoms with Crippen LogP contribution in [0.3, 0.4) is 0 Å². The van der Waals surface area contributed by atoms with Crippen LogP contribution in [0.1, 0.15) is 36.0 Å². The number of benzene rings is 2. The summed E-state index contributed by atoms with van der Waals surface area (Å²) in [5.74, 6) is 0.233. The zero-order chi connectivity index (χ0) is 18.9. The standard InChI is InChI=1S/C23H27ClN2O/c1-18-5-2-3-6-20(18)16-26-13-4-11-23(26)12-14-25(17-23)22(27)15-19-7-9-21(24)10-8-19/h2-3,5-10H,4,11-17H2,1H3/t23-/m1/s1. The highest BCUT2D eigenvalue weighted by atomic mass is 35.5. The molecule has 2 saturated heterocycles. The van der Waals surface area contributed by atoms with Crippen molar-refractivity contribution in [3.63, 3.8) is 0 Å². The molecular formula is C23H27ClN2O. The molecule has 2 aliphatic rings. The fraction of sp³-hybridized carbons (Fsp3) is 0.435. The van der Waals surface area contributed by atoms with Gasteiger partial charge in [-0.25, -0.2) is 0 Å². The molecule has 0 aromatic heterocycles. The first-order valence-electron chi connectivity index (χ1n) is 9.88. The lowest BCUT2D eigenvalue weighted by atomic mass is 9.94. The SMILES string of the molecule is Cc1ccccc1CN1CCC[C@]12CCN(C(=O)Cc1ccc(Cl)cc1)C2. The van der Waals surface area contributed by atoms with Gasteiger partial charge >= 0.3 is 0 Å². The van der Waals surface area contributed by atoms with E-state index in [1.165, 1.54) is 24.0 Å². The highest BCUT2D eigenvalue weighted by Gasteiger charge is 2.46. The Morgan fingerprint density at radius 3 is 2.63 bits per heavy atom. The molecule has 0 N–H and O–H groups in total. The Balaban J connectivity index is 1.43. The van der Waals surface area contributed by atoms with Crippen LogP contribution in [-0.2, 0) is 17.8 Å². The molecule has 0 bridgehead atoms. The number of likely N-dealkylation sites (tertiary alicyclic amines) is 2. The second-order valence-corrected chi connectivity index (χ2v) is 8.48. The summed E-state index contributed by atoms with van der Waals surface area (Å²) in [6.45, 7) is 6.05. The van der Waals surface area contributed by atoms with E-state index in [1.807, 2.05) is 24.3 Å². The molecule has 142 valence electrons. The number of nitrogens with zero attached hydrogens (tertiary/aromatic N) is 2. The quantitative estimate of drug-likeness (QED) is 0.779. The van der Waals surface area contributed by atoms with Crippen LogP contribution < -0.4 is 0 Å². The summed E-state index contributed by atoms with van der Waals surface area (Å²) in [6, 6.07) is 16.3. The maximum absolute atomic E-state index is 12.8. The molecule has 2 fully saturated rings. The summed E-state index contributed by atoms with van der Waals surface area (Å²) in [5, 5.41) is 0.712. The van der Waals surface area contributed by atoms with E-state index in [2.05, 4.69) is 41.0 Å². The lowest BCUT2D eigenvalue weighted by Crippen LogP contribution is -2.46. The van der Waals surface area contributed by atoms with Gasteiger partial charge in [-0.05, 0) is 61.6 Å². The highest BCUT2D eigenvalue weighted by Crippen LogP contribution is 2.39. The zero-order valence-corrected chi connectivity index (χ0v) is 16.7. The molecule has 1 atom stereocenters. The Kier molecular flexibility index (Phi) is 5.25. The predicted molar refractivity (Wildman–Crippen MR) is 110 cm³/mol. The topological polar surface area (TPSA) is 23.6 Å². The largest absolute Gasteiger partial charge is 0.340 e. The van der Waals surface area contributed by atoms with E-state index in [1.54, 1.807) is 0 Å². The Morgan fingerprint density at radius 1 is 1.07 bits per heavy atom. The van der Waals surface area contributed by atoms with Crippen LogP contribution in [0.15, 0.2) is 48.5 Å². The highest BCUT2D eigenvalue weighted by molar-refractivity contribution is 6.30. The Bertz CT molecular complexity index is 819. The van der Waals surface area contributed by atoms with Gasteiger partial charge in [-0.15, -0.1) is 0 Å². The average Bonchev–Trinajstić information content (AvgIpc) is 3.27. The van der Waals surface area contributed by atoms with Gasteiger partial charge in [-0.2, -0.15) is 0 Å². The van der Waals surface area contributed by atoms with E-state index in [0.29, 0.717) is 11.4 Å². The second kappa shape index (κ2) is 7.65. The molecule has 1 spiro atoms. The fourth-order valence-electron chi connectivity index (χ4n) is 4.65. The van der Waals surface area contributed by atoms with E-state index in [0.717, 1.165) is 38.2 Å². The van der Waals surface area contributed by atoms with Crippen LogP contribution in [-0.4, -0.2) is 40.9 Å². The first-order chi connectivity index (χ1) is 13.1. The minimum atomic E-state index is 0.165. The van der Waals surface area contributed by atoms with Gasteiger partial charge in [0.2, 0.25) is 5.91 Å². The van der Waals surface area contributed by atoms with Gasteiger partial charge in [0.1, 0.15) is 0 Å². The summed E-state index contributed by atoms with van der Waals surface area (Å²) >= 11 is 5.95. The number of hydrogen-bond acceptors (Lipinski definition) is 2. The maximum Gasteiger partial charge on any atom is 0.227 e. The normalized spacial score (nSPS) is 22.7. The van der Waals surface area contributed by atoms with Gasteiger partial charge in [0.05, 0.1) is 6.42 Å². The molecule has 2 aliphatic heterocycles. The molecule has 0 radical (unpaired) electrons. The Morgan fingerprint density at radius 2 is 1.85 bits per heavy atom. The molecule has 2 aromatic rings. The van der Waals surface area contributed by atoms with Gasteiger partial charge in [0, 0.05) is 30.2 Å². The van der Waals surface area contributed by atoms with Crippen LogP contribution in [0.2, 0.25) is 5.02 Å². The smallest absolute Gasteiger partial charge is 0.227 e. The van der Waals surface area contributed by atoms with Crippen LogP contribution >= 0.6 is 11.6 Å². The lowest BCUT2D eigenvalue weighted by Gasteiger charge is -2.35. The summed E-state index contributed by atoms with van der Waals surface area (Å²) in [4.78, 5) is 17.5. The zero-order valence-electron chi connectivity index (χ0n) is 16.0. The maximum atomic E-state index is 12.8. The third-order valence-corrected chi connectivity index (χ3v) is 6.57. The third kappa shape index (κ3) is 3.90. The summed E-state index contributed by atoms with van der Waals surface area (Å²) in [6.07, 6.45) is 3.98. The second-order valence-electron chi connectivity index (χ2n) is 8.04. The van der Waals surface area contributed by atoms with Crippen molar-refractivity contribution in [2.75, 3.05) is 19.6 Å². The van der Waals surface area contributed by atoms with Crippen molar-refractivity contribution in [1.29, 1.82) is 0 Å². The number of hydrogen-bond donors (Lipinski definition) is 0. The van der Waals surface area contributed by atoms with Crippen LogP contribution in [0, 0.1) is 6.92 Å². The van der Waals surface area contributed by atoms with Crippen molar-refractivity contribution in [2.45, 2.75) is 44.7 Å². The predicted octanol–water partition coefficient (Wildman–Crippen LogP) is 4.46. The molecule has 3 nitrogen and oxygen atoms in total. The van der Waals surface area contributed by atoms with E-state index in [-0.39, 0.29) is 11.4 Å². The molecule has 2 heterocycles. The van der Waals surface area contributed by atoms with Gasteiger partial charge in [-0.1, -0.05) is 48.0 Å². The minimum Gasteiger partial charge on any atom is -0.340 e. The Labute approximate surface area is 166 Å². The average molecular weight is 383 g/mol. The van der Waals surface area contributed by atoms with Crippen molar-refractivity contribution in [3.05, 3.63) is 70.2 Å². The summed E-state index contributed by atoms with van der Waals surface area (Å²) < 4.78 is 0. The first kappa shape index (κ1) is 18.5. The van der Waals surface area contributed by atoms with Crippen LogP contribution in [0.5, 0.6) is 0 Å². The van der Waals surface area contributed by atoms with Crippen LogP contribution in [0.4, 0.5) is 0 Å². The van der Waals surface area contributed by atoms with Gasteiger partial charge in [-0.3, -0.25) is 9.69 Å². The minimum absolute atomic E-state index is 0.165. The van der Waals surface area contributed by atoms with Crippen molar-refractivity contribution >= 4 is 17.5 Å². The van der Waals surface area contributed by atoms with Crippen molar-refractivity contribution in [2.24, 2.45) is 0 Å². The van der Waals surface area contributed by atoms with Gasteiger partial charge < -0.3 is 4.90 Å². The molecule has 4 rings (SSSR count). The summed E-state index contributed by atoms with van der Waals surface area (Å²) in [7, 11) is 0. The fourth-order valence-corrected chi connectivity index (χ4v) is 4.78. The summed E-state index contributed by atoms with van der Waals surface area (Å²) in [5.41, 5.74) is 3.96. The molecule has 1 amide bonds. The first-order valence-corrected chi connectivity index (χ1v) is 10.3. The van der Waals surface area contributed by atoms with Crippen LogP contribution in [0.25, 0.3) is 0 Å². The van der Waals surface area contributed by atoms with E-state index < -0.39 is 0 Å². The van der Waals surface area contributed by atoms with Gasteiger partial charge in [0.15, 0.2) is 0 Å². The van der Waals surface area contributed by atoms with E-state index in [9.17, 15) is 4.79 Å². The van der Waals surface area contributed by atoms with Crippen molar-refractivity contribution in [3.8, 4) is 0 Å². The van der Waals surface area contributed by atoms with Gasteiger partial charge in [0.25, 0.3) is 0 Å². The molecule has 0 aliphatic carbocycles. The number of halogens is 1. The lowest BCUT2D eigenvalue weighted by molar-refractivity contribution is -0.129. The molecule has 27 heavy (non-hydrogen) atoms. The Hall–Kier alpha value is -1.84. The number of rotatable bonds is 4. The van der Waals surface area contributed by atoms with Crippen molar-refractivity contribution < 1.29 is 4.79 Å².